The molecular weight excluding hydrogens is 308 g/mol. The molecule has 2 bridgehead atoms. The molecule has 24 heavy (non-hydrogen) atoms. The maximum atomic E-state index is 6.39. The van der Waals surface area contributed by atoms with E-state index in [1.165, 1.54) is 6.42 Å². The van der Waals surface area contributed by atoms with E-state index in [0.717, 1.165) is 43.2 Å². The van der Waals surface area contributed by atoms with Crippen LogP contribution in [0.3, 0.4) is 0 Å². The van der Waals surface area contributed by atoms with Crippen molar-refractivity contribution in [2.45, 2.75) is 62.8 Å². The molecule has 5 rings (SSSR count). The minimum atomic E-state index is -0.880. The molecular formula is C19H26O5. The van der Waals surface area contributed by atoms with Crippen LogP contribution in [0.5, 0.6) is 0 Å². The van der Waals surface area contributed by atoms with Crippen molar-refractivity contribution in [3.63, 3.8) is 0 Å². The van der Waals surface area contributed by atoms with Gasteiger partial charge < -0.3 is 14.2 Å². The summed E-state index contributed by atoms with van der Waals surface area (Å²) in [4.78, 5) is 12.0. The Kier molecular flexibility index (Phi) is 4.39. The SMILES string of the molecule is COCc1ccc([C@@]23CC[C@H]4CCCCC4(OO2)[C@H](OC)O3)cc1. The van der Waals surface area contributed by atoms with E-state index in [9.17, 15) is 0 Å². The van der Waals surface area contributed by atoms with Gasteiger partial charge in [-0.3, -0.25) is 0 Å². The molecule has 0 aromatic heterocycles. The van der Waals surface area contributed by atoms with Gasteiger partial charge in [-0.25, -0.2) is 4.89 Å². The van der Waals surface area contributed by atoms with Crippen LogP contribution in [0.25, 0.3) is 0 Å². The normalized spacial score (nSPS) is 38.6. The van der Waals surface area contributed by atoms with Crippen LogP contribution in [0, 0.1) is 5.92 Å². The van der Waals surface area contributed by atoms with Crippen molar-refractivity contribution in [1.29, 1.82) is 0 Å². The Morgan fingerprint density at radius 2 is 1.88 bits per heavy atom. The highest BCUT2D eigenvalue weighted by Crippen LogP contribution is 2.55. The van der Waals surface area contributed by atoms with Crippen LogP contribution in [-0.2, 0) is 36.4 Å². The number of benzene rings is 1. The van der Waals surface area contributed by atoms with E-state index in [2.05, 4.69) is 0 Å². The number of rotatable bonds is 4. The van der Waals surface area contributed by atoms with Crippen molar-refractivity contribution in [3.8, 4) is 0 Å². The highest BCUT2D eigenvalue weighted by Gasteiger charge is 2.61. The number of hydrogen-bond donors (Lipinski definition) is 0. The van der Waals surface area contributed by atoms with Gasteiger partial charge in [-0.1, -0.05) is 37.1 Å². The van der Waals surface area contributed by atoms with Gasteiger partial charge in [-0.15, -0.1) is 0 Å². The number of fused-ring (bicyclic) bond motifs is 3. The Morgan fingerprint density at radius 3 is 2.62 bits per heavy atom. The topological polar surface area (TPSA) is 46.2 Å². The third kappa shape index (κ3) is 2.50. The largest absolute Gasteiger partial charge is 0.380 e. The first-order valence-electron chi connectivity index (χ1n) is 8.88. The van der Waals surface area contributed by atoms with Gasteiger partial charge in [0.05, 0.1) is 6.61 Å². The maximum absolute atomic E-state index is 6.39. The minimum Gasteiger partial charge on any atom is -0.380 e. The fourth-order valence-corrected chi connectivity index (χ4v) is 4.52. The van der Waals surface area contributed by atoms with Crippen molar-refractivity contribution < 1.29 is 24.0 Å². The lowest BCUT2D eigenvalue weighted by atomic mass is 9.73. The maximum Gasteiger partial charge on any atom is 0.230 e. The molecule has 5 nitrogen and oxygen atoms in total. The number of hydrogen-bond acceptors (Lipinski definition) is 5. The molecule has 1 aromatic carbocycles. The third-order valence-electron chi connectivity index (χ3n) is 5.83. The minimum absolute atomic E-state index is 0.391. The second kappa shape index (κ2) is 6.39. The van der Waals surface area contributed by atoms with Crippen molar-refractivity contribution in [1.82, 2.24) is 0 Å². The molecule has 3 saturated heterocycles. The molecule has 3 aliphatic heterocycles. The van der Waals surface area contributed by atoms with E-state index < -0.39 is 17.7 Å². The summed E-state index contributed by atoms with van der Waals surface area (Å²) in [6, 6.07) is 8.17. The summed E-state index contributed by atoms with van der Waals surface area (Å²) < 4.78 is 17.3. The third-order valence-corrected chi connectivity index (χ3v) is 5.83. The van der Waals surface area contributed by atoms with Crippen molar-refractivity contribution in [2.75, 3.05) is 14.2 Å². The molecule has 0 amide bonds. The second-order valence-corrected chi connectivity index (χ2v) is 7.17. The average Bonchev–Trinajstić information content (AvgIpc) is 2.88. The fraction of sp³-hybridized carbons (Fsp3) is 0.684. The average molecular weight is 334 g/mol. The van der Waals surface area contributed by atoms with Crippen LogP contribution in [-0.4, -0.2) is 26.1 Å². The number of methoxy groups -OCH3 is 2. The van der Waals surface area contributed by atoms with E-state index in [4.69, 9.17) is 24.0 Å². The summed E-state index contributed by atoms with van der Waals surface area (Å²) in [7, 11) is 3.40. The Labute approximate surface area is 143 Å². The Hall–Kier alpha value is -0.980. The van der Waals surface area contributed by atoms with Crippen LogP contribution < -0.4 is 0 Å². The molecule has 3 heterocycles. The molecule has 1 aliphatic carbocycles. The molecule has 4 aliphatic rings. The van der Waals surface area contributed by atoms with Crippen LogP contribution in [0.4, 0.5) is 0 Å². The van der Waals surface area contributed by atoms with Crippen molar-refractivity contribution in [3.05, 3.63) is 35.4 Å². The zero-order valence-corrected chi connectivity index (χ0v) is 14.5. The molecule has 0 radical (unpaired) electrons. The fourth-order valence-electron chi connectivity index (χ4n) is 4.52. The van der Waals surface area contributed by atoms with E-state index in [1.807, 2.05) is 24.3 Å². The predicted octanol–water partition coefficient (Wildman–Crippen LogP) is 3.66. The van der Waals surface area contributed by atoms with Crippen LogP contribution in [0.1, 0.15) is 49.7 Å². The zero-order chi connectivity index (χ0) is 16.6. The van der Waals surface area contributed by atoms with E-state index in [0.29, 0.717) is 12.5 Å². The molecule has 1 saturated carbocycles. The molecule has 4 atom stereocenters. The molecule has 4 fully saturated rings. The van der Waals surface area contributed by atoms with E-state index in [-0.39, 0.29) is 0 Å². The molecule has 1 unspecified atom stereocenters. The quantitative estimate of drug-likeness (QED) is 0.787. The van der Waals surface area contributed by atoms with Gasteiger partial charge in [0.25, 0.3) is 0 Å². The lowest BCUT2D eigenvalue weighted by Crippen LogP contribution is -2.59. The summed E-state index contributed by atoms with van der Waals surface area (Å²) in [5, 5.41) is 0. The van der Waals surface area contributed by atoms with E-state index >= 15 is 0 Å². The Bertz CT molecular complexity index is 570. The highest BCUT2D eigenvalue weighted by molar-refractivity contribution is 5.26. The standard InChI is InChI=1S/C19H26O5/c1-20-13-14-6-8-16(9-7-14)19-12-10-15-5-3-4-11-18(15,23-24-19)17(21-2)22-19/h6-9,15,17H,3-5,10-13H2,1-2H3/t15-,17-,18?,19-/m1/s1. The van der Waals surface area contributed by atoms with Crippen LogP contribution >= 0.6 is 0 Å². The monoisotopic (exact) mass is 334 g/mol. The van der Waals surface area contributed by atoms with Gasteiger partial charge in [0, 0.05) is 26.2 Å². The summed E-state index contributed by atoms with van der Waals surface area (Å²) in [6.07, 6.45) is 5.86. The lowest BCUT2D eigenvalue weighted by Gasteiger charge is -2.49. The van der Waals surface area contributed by atoms with Crippen LogP contribution in [0.2, 0.25) is 0 Å². The zero-order valence-electron chi connectivity index (χ0n) is 14.5. The first-order chi connectivity index (χ1) is 11.7. The van der Waals surface area contributed by atoms with Crippen LogP contribution in [0.15, 0.2) is 24.3 Å². The summed E-state index contributed by atoms with van der Waals surface area (Å²) in [5.74, 6) is -0.456. The van der Waals surface area contributed by atoms with E-state index in [1.54, 1.807) is 14.2 Å². The van der Waals surface area contributed by atoms with Gasteiger partial charge in [-0.2, -0.15) is 4.89 Å². The summed E-state index contributed by atoms with van der Waals surface area (Å²) in [5.41, 5.74) is 1.64. The molecule has 0 N–H and O–H groups in total. The Balaban J connectivity index is 1.66. The summed E-state index contributed by atoms with van der Waals surface area (Å²) >= 11 is 0. The van der Waals surface area contributed by atoms with Gasteiger partial charge in [0.1, 0.15) is 0 Å². The molecule has 1 aromatic rings. The smallest absolute Gasteiger partial charge is 0.230 e. The van der Waals surface area contributed by atoms with Gasteiger partial charge in [0.2, 0.25) is 5.79 Å². The molecule has 132 valence electrons. The number of ether oxygens (including phenoxy) is 3. The van der Waals surface area contributed by atoms with Gasteiger partial charge in [-0.05, 0) is 30.7 Å². The molecule has 1 spiro atoms. The predicted molar refractivity (Wildman–Crippen MR) is 86.8 cm³/mol. The summed E-state index contributed by atoms with van der Waals surface area (Å²) in [6.45, 7) is 0.595. The van der Waals surface area contributed by atoms with Gasteiger partial charge >= 0.3 is 0 Å². The van der Waals surface area contributed by atoms with Crippen molar-refractivity contribution >= 4 is 0 Å². The molecule has 5 heteroatoms. The second-order valence-electron chi connectivity index (χ2n) is 7.17. The lowest BCUT2D eigenvalue weighted by molar-refractivity contribution is -0.558. The first-order valence-corrected chi connectivity index (χ1v) is 8.88. The highest BCUT2D eigenvalue weighted by atomic mass is 17.3. The first kappa shape index (κ1) is 16.5. The van der Waals surface area contributed by atoms with Gasteiger partial charge in [0.15, 0.2) is 11.9 Å². The Morgan fingerprint density at radius 1 is 1.04 bits per heavy atom. The van der Waals surface area contributed by atoms with Crippen molar-refractivity contribution in [2.24, 2.45) is 5.92 Å².